The van der Waals surface area contributed by atoms with Gasteiger partial charge in [0.1, 0.15) is 0 Å². The second-order valence-electron chi connectivity index (χ2n) is 4.73. The first kappa shape index (κ1) is 13.0. The number of para-hydroxylation sites is 1. The largest absolute Gasteiger partial charge is 0.324 e. The van der Waals surface area contributed by atoms with Crippen LogP contribution in [0.5, 0.6) is 0 Å². The van der Waals surface area contributed by atoms with Crippen molar-refractivity contribution < 1.29 is 0 Å². The quantitative estimate of drug-likeness (QED) is 0.774. The number of rotatable bonds is 2. The van der Waals surface area contributed by atoms with Gasteiger partial charge in [0.15, 0.2) is 0 Å². The highest BCUT2D eigenvalue weighted by Gasteiger charge is 2.15. The van der Waals surface area contributed by atoms with Crippen molar-refractivity contribution in [3.05, 3.63) is 59.4 Å². The number of pyridine rings is 2. The Labute approximate surface area is 122 Å². The second-order valence-corrected chi connectivity index (χ2v) is 5.14. The molecule has 3 nitrogen and oxygen atoms in total. The molecule has 0 bridgehead atoms. The molecule has 2 N–H and O–H groups in total. The van der Waals surface area contributed by atoms with Gasteiger partial charge in [0, 0.05) is 29.4 Å². The van der Waals surface area contributed by atoms with E-state index in [1.165, 1.54) is 0 Å². The fourth-order valence-corrected chi connectivity index (χ4v) is 2.57. The summed E-state index contributed by atoms with van der Waals surface area (Å²) in [5, 5.41) is 1.61. The third kappa shape index (κ3) is 2.15. The molecule has 0 saturated heterocycles. The lowest BCUT2D eigenvalue weighted by molar-refractivity contribution is 0.816. The lowest BCUT2D eigenvalue weighted by Gasteiger charge is -2.15. The molecule has 0 aliphatic rings. The summed E-state index contributed by atoms with van der Waals surface area (Å²) in [6.45, 7) is 1.94. The Morgan fingerprint density at radius 2 is 1.95 bits per heavy atom. The normalized spacial score (nSPS) is 12.6. The predicted octanol–water partition coefficient (Wildman–Crippen LogP) is 3.97. The van der Waals surface area contributed by atoms with Gasteiger partial charge in [-0.15, -0.1) is 0 Å². The minimum Gasteiger partial charge on any atom is -0.324 e. The van der Waals surface area contributed by atoms with Crippen molar-refractivity contribution in [2.24, 2.45) is 5.73 Å². The Kier molecular flexibility index (Phi) is 3.38. The van der Waals surface area contributed by atoms with Crippen LogP contribution in [0, 0.1) is 0 Å². The number of nitrogens with zero attached hydrogens (tertiary/aromatic N) is 2. The molecule has 0 radical (unpaired) electrons. The standard InChI is InChI=1S/C16H14ClN3/c1-10(18)12-9-20-16-11(5-4-6-13(16)17)15(12)14-7-2-3-8-19-14/h2-10H,18H2,1H3. The summed E-state index contributed by atoms with van der Waals surface area (Å²) < 4.78 is 0. The van der Waals surface area contributed by atoms with E-state index in [9.17, 15) is 0 Å². The second kappa shape index (κ2) is 5.19. The molecule has 0 fully saturated rings. The molecule has 3 rings (SSSR count). The zero-order chi connectivity index (χ0) is 14.1. The summed E-state index contributed by atoms with van der Waals surface area (Å²) in [5.74, 6) is 0. The Bertz CT molecular complexity index is 754. The summed E-state index contributed by atoms with van der Waals surface area (Å²) in [6, 6.07) is 11.5. The van der Waals surface area contributed by atoms with Gasteiger partial charge in [0.25, 0.3) is 0 Å². The molecule has 4 heteroatoms. The van der Waals surface area contributed by atoms with Gasteiger partial charge in [-0.25, -0.2) is 0 Å². The van der Waals surface area contributed by atoms with Crippen molar-refractivity contribution in [2.45, 2.75) is 13.0 Å². The van der Waals surface area contributed by atoms with Gasteiger partial charge in [-0.05, 0) is 30.7 Å². The average molecular weight is 284 g/mol. The molecule has 0 aliphatic heterocycles. The number of halogens is 1. The minimum atomic E-state index is -0.122. The predicted molar refractivity (Wildman–Crippen MR) is 82.6 cm³/mol. The van der Waals surface area contributed by atoms with Crippen LogP contribution < -0.4 is 5.73 Å². The molecule has 100 valence electrons. The zero-order valence-corrected chi connectivity index (χ0v) is 11.8. The highest BCUT2D eigenvalue weighted by atomic mass is 35.5. The number of aromatic nitrogens is 2. The maximum atomic E-state index is 6.23. The number of fused-ring (bicyclic) bond motifs is 1. The van der Waals surface area contributed by atoms with Crippen molar-refractivity contribution in [1.82, 2.24) is 9.97 Å². The lowest BCUT2D eigenvalue weighted by atomic mass is 9.96. The molecular formula is C16H14ClN3. The van der Waals surface area contributed by atoms with Crippen LogP contribution in [0.15, 0.2) is 48.8 Å². The topological polar surface area (TPSA) is 51.8 Å². The lowest BCUT2D eigenvalue weighted by Crippen LogP contribution is -2.08. The van der Waals surface area contributed by atoms with Crippen LogP contribution in [-0.4, -0.2) is 9.97 Å². The van der Waals surface area contributed by atoms with Gasteiger partial charge >= 0.3 is 0 Å². The number of nitrogens with two attached hydrogens (primary N) is 1. The van der Waals surface area contributed by atoms with Crippen molar-refractivity contribution in [1.29, 1.82) is 0 Å². The maximum Gasteiger partial charge on any atom is 0.0895 e. The smallest absolute Gasteiger partial charge is 0.0895 e. The zero-order valence-electron chi connectivity index (χ0n) is 11.0. The first-order chi connectivity index (χ1) is 9.68. The first-order valence-corrected chi connectivity index (χ1v) is 6.80. The van der Waals surface area contributed by atoms with E-state index in [4.69, 9.17) is 17.3 Å². The number of benzene rings is 1. The van der Waals surface area contributed by atoms with E-state index in [2.05, 4.69) is 9.97 Å². The molecule has 1 aromatic carbocycles. The van der Waals surface area contributed by atoms with Crippen LogP contribution >= 0.6 is 11.6 Å². The number of hydrogen-bond acceptors (Lipinski definition) is 3. The van der Waals surface area contributed by atoms with Crippen molar-refractivity contribution >= 4 is 22.5 Å². The van der Waals surface area contributed by atoms with Crippen LogP contribution in [0.1, 0.15) is 18.5 Å². The third-order valence-electron chi connectivity index (χ3n) is 3.29. The minimum absolute atomic E-state index is 0.122. The average Bonchev–Trinajstić information content (AvgIpc) is 2.47. The Morgan fingerprint density at radius 1 is 1.10 bits per heavy atom. The van der Waals surface area contributed by atoms with Crippen molar-refractivity contribution in [3.8, 4) is 11.3 Å². The molecule has 0 saturated carbocycles. The third-order valence-corrected chi connectivity index (χ3v) is 3.59. The van der Waals surface area contributed by atoms with Gasteiger partial charge in [-0.2, -0.15) is 0 Å². The Morgan fingerprint density at radius 3 is 2.65 bits per heavy atom. The van der Waals surface area contributed by atoms with Gasteiger partial charge in [-0.3, -0.25) is 9.97 Å². The number of hydrogen-bond donors (Lipinski definition) is 1. The van der Waals surface area contributed by atoms with Gasteiger partial charge in [-0.1, -0.05) is 29.8 Å². The van der Waals surface area contributed by atoms with Gasteiger partial charge < -0.3 is 5.73 Å². The molecule has 20 heavy (non-hydrogen) atoms. The van der Waals surface area contributed by atoms with E-state index in [1.54, 1.807) is 12.4 Å². The molecule has 0 aliphatic carbocycles. The Balaban J connectivity index is 2.42. The molecule has 0 spiro atoms. The monoisotopic (exact) mass is 283 g/mol. The molecule has 2 aromatic heterocycles. The van der Waals surface area contributed by atoms with Crippen LogP contribution in [0.4, 0.5) is 0 Å². The van der Waals surface area contributed by atoms with Gasteiger partial charge in [0.05, 0.1) is 16.2 Å². The van der Waals surface area contributed by atoms with E-state index in [0.29, 0.717) is 5.02 Å². The van der Waals surface area contributed by atoms with E-state index in [-0.39, 0.29) is 6.04 Å². The maximum absolute atomic E-state index is 6.23. The Hall–Kier alpha value is -1.97. The summed E-state index contributed by atoms with van der Waals surface area (Å²) in [5.41, 5.74) is 9.72. The van der Waals surface area contributed by atoms with Crippen LogP contribution in [0.3, 0.4) is 0 Å². The fraction of sp³-hybridized carbons (Fsp3) is 0.125. The summed E-state index contributed by atoms with van der Waals surface area (Å²) in [4.78, 5) is 8.89. The van der Waals surface area contributed by atoms with E-state index in [1.807, 2.05) is 43.3 Å². The van der Waals surface area contributed by atoms with E-state index >= 15 is 0 Å². The van der Waals surface area contributed by atoms with Crippen LogP contribution in [0.25, 0.3) is 22.2 Å². The van der Waals surface area contributed by atoms with Crippen LogP contribution in [0.2, 0.25) is 5.02 Å². The summed E-state index contributed by atoms with van der Waals surface area (Å²) >= 11 is 6.23. The highest BCUT2D eigenvalue weighted by molar-refractivity contribution is 6.35. The van der Waals surface area contributed by atoms with Crippen molar-refractivity contribution in [2.75, 3.05) is 0 Å². The molecule has 3 aromatic rings. The van der Waals surface area contributed by atoms with E-state index in [0.717, 1.165) is 27.7 Å². The van der Waals surface area contributed by atoms with Gasteiger partial charge in [0.2, 0.25) is 0 Å². The molecule has 1 unspecified atom stereocenters. The fourth-order valence-electron chi connectivity index (χ4n) is 2.34. The molecular weight excluding hydrogens is 270 g/mol. The summed E-state index contributed by atoms with van der Waals surface area (Å²) in [6.07, 6.45) is 3.57. The van der Waals surface area contributed by atoms with Crippen LogP contribution in [-0.2, 0) is 0 Å². The SMILES string of the molecule is CC(N)c1cnc2c(Cl)cccc2c1-c1ccccn1. The molecule has 1 atom stereocenters. The molecule has 0 amide bonds. The van der Waals surface area contributed by atoms with E-state index < -0.39 is 0 Å². The molecule has 2 heterocycles. The van der Waals surface area contributed by atoms with Crippen molar-refractivity contribution in [3.63, 3.8) is 0 Å². The first-order valence-electron chi connectivity index (χ1n) is 6.42. The highest BCUT2D eigenvalue weighted by Crippen LogP contribution is 2.34. The summed E-state index contributed by atoms with van der Waals surface area (Å²) in [7, 11) is 0.